The highest BCUT2D eigenvalue weighted by Crippen LogP contribution is 2.33. The number of nitrogens with zero attached hydrogens (tertiary/aromatic N) is 3. The van der Waals surface area contributed by atoms with Crippen molar-refractivity contribution in [3.05, 3.63) is 23.4 Å². The van der Waals surface area contributed by atoms with Crippen molar-refractivity contribution in [1.82, 2.24) is 4.98 Å². The number of nitriles is 1. The maximum atomic E-state index is 12.8. The summed E-state index contributed by atoms with van der Waals surface area (Å²) in [5, 5.41) is 9.10. The van der Waals surface area contributed by atoms with Gasteiger partial charge in [0.05, 0.1) is 5.56 Å². The smallest absolute Gasteiger partial charge is 0.353 e. The van der Waals surface area contributed by atoms with Gasteiger partial charge >= 0.3 is 6.18 Å². The molecule has 1 saturated carbocycles. The van der Waals surface area contributed by atoms with Crippen LogP contribution < -0.4 is 4.90 Å². The number of alkyl halides is 3. The maximum Gasteiger partial charge on any atom is 0.433 e. The normalized spacial score (nSPS) is 16.1. The van der Waals surface area contributed by atoms with Crippen molar-refractivity contribution in [3.8, 4) is 6.07 Å². The van der Waals surface area contributed by atoms with Gasteiger partial charge in [-0.25, -0.2) is 4.98 Å². The first-order valence-electron chi connectivity index (χ1n) is 6.72. The van der Waals surface area contributed by atoms with Crippen LogP contribution in [0.4, 0.5) is 19.0 Å². The minimum atomic E-state index is -4.49. The van der Waals surface area contributed by atoms with Gasteiger partial charge in [-0.1, -0.05) is 12.8 Å². The third kappa shape index (κ3) is 2.87. The van der Waals surface area contributed by atoms with Crippen LogP contribution in [-0.2, 0) is 6.18 Å². The Kier molecular flexibility index (Phi) is 4.17. The number of hydrogen-bond donors (Lipinski definition) is 0. The lowest BCUT2D eigenvalue weighted by Crippen LogP contribution is -2.34. The van der Waals surface area contributed by atoms with Crippen molar-refractivity contribution in [1.29, 1.82) is 5.26 Å². The minimum Gasteiger partial charge on any atom is -0.353 e. The summed E-state index contributed by atoms with van der Waals surface area (Å²) in [6, 6.07) is 4.20. The van der Waals surface area contributed by atoms with Crippen LogP contribution in [-0.4, -0.2) is 17.6 Å². The van der Waals surface area contributed by atoms with Gasteiger partial charge in [0.2, 0.25) is 0 Å². The van der Waals surface area contributed by atoms with E-state index in [1.54, 1.807) is 0 Å². The van der Waals surface area contributed by atoms with Crippen molar-refractivity contribution >= 4 is 5.82 Å². The third-order valence-electron chi connectivity index (χ3n) is 3.66. The van der Waals surface area contributed by atoms with Gasteiger partial charge in [-0.15, -0.1) is 0 Å². The van der Waals surface area contributed by atoms with Crippen LogP contribution in [0.3, 0.4) is 0 Å². The highest BCUT2D eigenvalue weighted by molar-refractivity contribution is 5.55. The summed E-state index contributed by atoms with van der Waals surface area (Å²) in [7, 11) is 0. The Morgan fingerprint density at radius 3 is 2.50 bits per heavy atom. The van der Waals surface area contributed by atoms with E-state index < -0.39 is 11.9 Å². The lowest BCUT2D eigenvalue weighted by molar-refractivity contribution is -0.141. The molecule has 2 rings (SSSR count). The number of hydrogen-bond acceptors (Lipinski definition) is 3. The van der Waals surface area contributed by atoms with E-state index >= 15 is 0 Å². The first-order chi connectivity index (χ1) is 9.47. The van der Waals surface area contributed by atoms with Gasteiger partial charge in [0, 0.05) is 12.6 Å². The van der Waals surface area contributed by atoms with Crippen molar-refractivity contribution in [2.45, 2.75) is 44.8 Å². The molecule has 0 aliphatic heterocycles. The summed E-state index contributed by atoms with van der Waals surface area (Å²) in [6.07, 6.45) is -0.463. The van der Waals surface area contributed by atoms with E-state index in [-0.39, 0.29) is 17.4 Å². The molecule has 0 N–H and O–H groups in total. The van der Waals surface area contributed by atoms with E-state index in [1.165, 1.54) is 6.07 Å². The van der Waals surface area contributed by atoms with E-state index in [0.29, 0.717) is 6.54 Å². The van der Waals surface area contributed by atoms with Crippen LogP contribution in [0.5, 0.6) is 0 Å². The second-order valence-electron chi connectivity index (χ2n) is 4.90. The molecule has 0 aromatic carbocycles. The molecule has 6 heteroatoms. The summed E-state index contributed by atoms with van der Waals surface area (Å²) >= 11 is 0. The van der Waals surface area contributed by atoms with E-state index in [2.05, 4.69) is 4.98 Å². The molecule has 0 unspecified atom stereocenters. The molecule has 3 nitrogen and oxygen atoms in total. The molecule has 1 aliphatic rings. The zero-order valence-electron chi connectivity index (χ0n) is 11.2. The third-order valence-corrected chi connectivity index (χ3v) is 3.66. The number of rotatable bonds is 3. The number of pyridine rings is 1. The topological polar surface area (TPSA) is 39.9 Å². The molecule has 0 bridgehead atoms. The van der Waals surface area contributed by atoms with Crippen molar-refractivity contribution in [2.24, 2.45) is 0 Å². The Balaban J connectivity index is 2.43. The lowest BCUT2D eigenvalue weighted by Gasteiger charge is -2.29. The molecule has 1 fully saturated rings. The number of halogens is 3. The highest BCUT2D eigenvalue weighted by Gasteiger charge is 2.34. The Morgan fingerprint density at radius 2 is 2.00 bits per heavy atom. The number of aromatic nitrogens is 1. The van der Waals surface area contributed by atoms with E-state index in [9.17, 15) is 13.2 Å². The average Bonchev–Trinajstić information content (AvgIpc) is 2.92. The molecule has 0 saturated heterocycles. The van der Waals surface area contributed by atoms with Gasteiger partial charge in [-0.05, 0) is 31.9 Å². The monoisotopic (exact) mass is 283 g/mol. The largest absolute Gasteiger partial charge is 0.433 e. The molecule has 20 heavy (non-hydrogen) atoms. The lowest BCUT2D eigenvalue weighted by atomic mass is 10.1. The molecule has 0 amide bonds. The van der Waals surface area contributed by atoms with Crippen LogP contribution in [0.15, 0.2) is 12.1 Å². The molecule has 1 aromatic rings. The summed E-state index contributed by atoms with van der Waals surface area (Å²) < 4.78 is 38.4. The standard InChI is InChI=1S/C14H16F3N3/c1-2-20(11-5-3-4-6-11)13-10(9-18)7-8-12(19-13)14(15,16)17/h7-8,11H,2-6H2,1H3. The summed E-state index contributed by atoms with van der Waals surface area (Å²) in [4.78, 5) is 5.54. The fourth-order valence-corrected chi connectivity index (χ4v) is 2.71. The zero-order chi connectivity index (χ0) is 14.8. The van der Waals surface area contributed by atoms with E-state index in [4.69, 9.17) is 5.26 Å². The first kappa shape index (κ1) is 14.6. The van der Waals surface area contributed by atoms with Crippen LogP contribution in [0, 0.1) is 11.3 Å². The summed E-state index contributed by atoms with van der Waals surface area (Å²) in [5.41, 5.74) is -0.741. The van der Waals surface area contributed by atoms with Gasteiger partial charge in [-0.2, -0.15) is 18.4 Å². The maximum absolute atomic E-state index is 12.8. The van der Waals surface area contributed by atoms with Gasteiger partial charge in [0.1, 0.15) is 17.6 Å². The quantitative estimate of drug-likeness (QED) is 0.848. The fourth-order valence-electron chi connectivity index (χ4n) is 2.71. The molecule has 1 aromatic heterocycles. The predicted octanol–water partition coefficient (Wildman–Crippen LogP) is 3.74. The molecule has 0 atom stereocenters. The van der Waals surface area contributed by atoms with Crippen LogP contribution in [0.2, 0.25) is 0 Å². The Morgan fingerprint density at radius 1 is 1.35 bits per heavy atom. The van der Waals surface area contributed by atoms with Crippen molar-refractivity contribution < 1.29 is 13.2 Å². The Labute approximate surface area is 116 Å². The zero-order valence-corrected chi connectivity index (χ0v) is 11.2. The van der Waals surface area contributed by atoms with Crippen molar-refractivity contribution in [2.75, 3.05) is 11.4 Å². The van der Waals surface area contributed by atoms with Gasteiger partial charge in [0.25, 0.3) is 0 Å². The number of anilines is 1. The fraction of sp³-hybridized carbons (Fsp3) is 0.571. The summed E-state index contributed by atoms with van der Waals surface area (Å²) in [6.45, 7) is 2.43. The highest BCUT2D eigenvalue weighted by atomic mass is 19.4. The molecular formula is C14H16F3N3. The molecule has 1 heterocycles. The minimum absolute atomic E-state index is 0.164. The van der Waals surface area contributed by atoms with Crippen LogP contribution in [0.25, 0.3) is 0 Å². The van der Waals surface area contributed by atoms with Crippen LogP contribution >= 0.6 is 0 Å². The van der Waals surface area contributed by atoms with Gasteiger partial charge in [-0.3, -0.25) is 0 Å². The molecule has 0 spiro atoms. The van der Waals surface area contributed by atoms with Crippen molar-refractivity contribution in [3.63, 3.8) is 0 Å². The van der Waals surface area contributed by atoms with E-state index in [0.717, 1.165) is 31.7 Å². The molecule has 1 aliphatic carbocycles. The molecule has 0 radical (unpaired) electrons. The first-order valence-corrected chi connectivity index (χ1v) is 6.72. The Hall–Kier alpha value is -1.77. The van der Waals surface area contributed by atoms with Gasteiger partial charge in [0.15, 0.2) is 0 Å². The SMILES string of the molecule is CCN(c1nc(C(F)(F)F)ccc1C#N)C1CCCC1. The average molecular weight is 283 g/mol. The Bertz CT molecular complexity index is 513. The van der Waals surface area contributed by atoms with Gasteiger partial charge < -0.3 is 4.90 Å². The van der Waals surface area contributed by atoms with E-state index in [1.807, 2.05) is 17.9 Å². The second kappa shape index (κ2) is 5.70. The molecular weight excluding hydrogens is 267 g/mol. The molecule has 108 valence electrons. The summed E-state index contributed by atoms with van der Waals surface area (Å²) in [5.74, 6) is 0.164. The predicted molar refractivity (Wildman–Crippen MR) is 69.2 cm³/mol. The second-order valence-corrected chi connectivity index (χ2v) is 4.90. The van der Waals surface area contributed by atoms with Crippen LogP contribution in [0.1, 0.15) is 43.9 Å².